The number of hydrogen-bond acceptors (Lipinski definition) is 7. The van der Waals surface area contributed by atoms with Crippen molar-refractivity contribution in [3.8, 4) is 21.7 Å². The summed E-state index contributed by atoms with van der Waals surface area (Å²) in [5, 5.41) is 16.1. The maximum Gasteiger partial charge on any atom is 0.321 e. The highest BCUT2D eigenvalue weighted by molar-refractivity contribution is 7.91. The third-order valence-corrected chi connectivity index (χ3v) is 9.97. The van der Waals surface area contributed by atoms with Gasteiger partial charge in [0.1, 0.15) is 11.9 Å². The summed E-state index contributed by atoms with van der Waals surface area (Å²) in [5.74, 6) is -2.00. The SMILES string of the molecule is CCc1ccc(-c2sc(NC(=O)c3ccc(Cl)cc3)nc2-c2ccc(S(=O)(=O)CNC(Cc3ccccc3)C(=O)O)cc2)cc1. The summed E-state index contributed by atoms with van der Waals surface area (Å²) >= 11 is 7.28. The van der Waals surface area contributed by atoms with Crippen LogP contribution in [0.3, 0.4) is 0 Å². The molecule has 3 N–H and O–H groups in total. The number of carboxylic acid groups (broad SMARTS) is 1. The Bertz CT molecular complexity index is 1890. The van der Waals surface area contributed by atoms with Crippen LogP contribution >= 0.6 is 22.9 Å². The van der Waals surface area contributed by atoms with E-state index in [-0.39, 0.29) is 17.2 Å². The third kappa shape index (κ3) is 8.03. The van der Waals surface area contributed by atoms with Crippen molar-refractivity contribution in [2.45, 2.75) is 30.7 Å². The first-order valence-electron chi connectivity index (χ1n) is 14.1. The molecule has 1 atom stereocenters. The Morgan fingerprint density at radius 1 is 0.867 bits per heavy atom. The monoisotopic (exact) mass is 659 g/mol. The van der Waals surface area contributed by atoms with Crippen molar-refractivity contribution in [3.05, 3.63) is 125 Å². The molecule has 45 heavy (non-hydrogen) atoms. The molecule has 4 aromatic carbocycles. The predicted octanol–water partition coefficient (Wildman–Crippen LogP) is 6.96. The fourth-order valence-corrected chi connectivity index (χ4v) is 6.89. The fourth-order valence-electron chi connectivity index (χ4n) is 4.64. The van der Waals surface area contributed by atoms with Gasteiger partial charge in [-0.3, -0.25) is 20.2 Å². The molecule has 1 aromatic heterocycles. The highest BCUT2D eigenvalue weighted by Crippen LogP contribution is 2.39. The number of nitrogens with one attached hydrogen (secondary N) is 2. The van der Waals surface area contributed by atoms with Crippen molar-refractivity contribution in [2.75, 3.05) is 11.2 Å². The number of carboxylic acids is 1. The van der Waals surface area contributed by atoms with Gasteiger partial charge in [-0.2, -0.15) is 0 Å². The average Bonchev–Trinajstić information content (AvgIpc) is 3.47. The predicted molar refractivity (Wildman–Crippen MR) is 179 cm³/mol. The van der Waals surface area contributed by atoms with Crippen LogP contribution in [0, 0.1) is 0 Å². The van der Waals surface area contributed by atoms with Crippen molar-refractivity contribution in [3.63, 3.8) is 0 Å². The molecule has 11 heteroatoms. The van der Waals surface area contributed by atoms with E-state index in [1.807, 2.05) is 30.3 Å². The van der Waals surface area contributed by atoms with Gasteiger partial charge in [0.2, 0.25) is 0 Å². The maximum absolute atomic E-state index is 13.2. The number of thiazole rings is 1. The van der Waals surface area contributed by atoms with E-state index in [1.165, 1.54) is 29.0 Å². The lowest BCUT2D eigenvalue weighted by Crippen LogP contribution is -2.41. The number of nitrogens with zero attached hydrogens (tertiary/aromatic N) is 1. The quantitative estimate of drug-likeness (QED) is 0.132. The number of aryl methyl sites for hydroxylation is 1. The number of benzene rings is 4. The van der Waals surface area contributed by atoms with E-state index < -0.39 is 27.7 Å². The zero-order chi connectivity index (χ0) is 32.0. The lowest BCUT2D eigenvalue weighted by atomic mass is 10.0. The van der Waals surface area contributed by atoms with E-state index in [2.05, 4.69) is 17.6 Å². The largest absolute Gasteiger partial charge is 0.480 e. The second-order valence-corrected chi connectivity index (χ2v) is 13.7. The van der Waals surface area contributed by atoms with Gasteiger partial charge in [-0.25, -0.2) is 13.4 Å². The molecule has 0 saturated heterocycles. The molecule has 0 spiro atoms. The molecule has 0 saturated carbocycles. The number of halogens is 1. The first-order valence-corrected chi connectivity index (χ1v) is 17.0. The highest BCUT2D eigenvalue weighted by Gasteiger charge is 2.23. The van der Waals surface area contributed by atoms with E-state index >= 15 is 0 Å². The number of amides is 1. The van der Waals surface area contributed by atoms with Gasteiger partial charge in [0.15, 0.2) is 15.0 Å². The summed E-state index contributed by atoms with van der Waals surface area (Å²) in [4.78, 5) is 30.3. The number of anilines is 1. The average molecular weight is 660 g/mol. The Kier molecular flexibility index (Phi) is 10.1. The van der Waals surface area contributed by atoms with Crippen LogP contribution in [0.15, 0.2) is 108 Å². The highest BCUT2D eigenvalue weighted by atomic mass is 35.5. The van der Waals surface area contributed by atoms with E-state index in [0.29, 0.717) is 27.0 Å². The number of aromatic nitrogens is 1. The lowest BCUT2D eigenvalue weighted by Gasteiger charge is -2.15. The molecule has 0 aliphatic heterocycles. The van der Waals surface area contributed by atoms with Crippen molar-refractivity contribution in [2.24, 2.45) is 0 Å². The second kappa shape index (κ2) is 14.2. The van der Waals surface area contributed by atoms with E-state index in [0.717, 1.165) is 22.4 Å². The molecule has 0 radical (unpaired) electrons. The Morgan fingerprint density at radius 3 is 2.13 bits per heavy atom. The van der Waals surface area contributed by atoms with Crippen LogP contribution in [-0.2, 0) is 27.5 Å². The minimum absolute atomic E-state index is 0.0444. The number of sulfone groups is 1. The number of aliphatic carboxylic acids is 1. The van der Waals surface area contributed by atoms with Gasteiger partial charge in [0, 0.05) is 16.1 Å². The van der Waals surface area contributed by atoms with Gasteiger partial charge in [-0.1, -0.05) is 96.6 Å². The molecular weight excluding hydrogens is 630 g/mol. The summed E-state index contributed by atoms with van der Waals surface area (Å²) in [6.45, 7) is 2.08. The summed E-state index contributed by atoms with van der Waals surface area (Å²) in [6.07, 6.45) is 1.04. The minimum atomic E-state index is -3.85. The number of carbonyl (C=O) groups is 2. The molecule has 0 fully saturated rings. The molecule has 8 nitrogen and oxygen atoms in total. The van der Waals surface area contributed by atoms with Gasteiger partial charge in [0.05, 0.1) is 15.5 Å². The van der Waals surface area contributed by atoms with Crippen molar-refractivity contribution in [1.29, 1.82) is 0 Å². The standard InChI is InChI=1S/C34H30ClN3O5S2/c1-2-22-8-10-25(11-9-22)31-30(37-34(44-31)38-32(39)26-12-16-27(35)17-13-26)24-14-18-28(19-15-24)45(42,43)21-36-29(33(40)41)20-23-6-4-3-5-7-23/h3-19,29,36H,2,20-21H2,1H3,(H,40,41)(H,37,38,39). The van der Waals surface area contributed by atoms with Crippen LogP contribution in [0.5, 0.6) is 0 Å². The molecule has 230 valence electrons. The van der Waals surface area contributed by atoms with E-state index in [9.17, 15) is 23.1 Å². The number of rotatable bonds is 12. The zero-order valence-electron chi connectivity index (χ0n) is 24.2. The number of hydrogen-bond donors (Lipinski definition) is 3. The van der Waals surface area contributed by atoms with Crippen molar-refractivity contribution < 1.29 is 23.1 Å². The Hall–Kier alpha value is -4.35. The molecule has 1 unspecified atom stereocenters. The second-order valence-electron chi connectivity index (χ2n) is 10.3. The minimum Gasteiger partial charge on any atom is -0.480 e. The summed E-state index contributed by atoms with van der Waals surface area (Å²) in [7, 11) is -3.85. The van der Waals surface area contributed by atoms with E-state index in [4.69, 9.17) is 16.6 Å². The molecule has 5 rings (SSSR count). The normalized spacial score (nSPS) is 12.0. The summed E-state index contributed by atoms with van der Waals surface area (Å²) < 4.78 is 26.3. The van der Waals surface area contributed by atoms with Crippen LogP contribution in [-0.4, -0.2) is 42.3 Å². The van der Waals surface area contributed by atoms with Crippen molar-refractivity contribution >= 4 is 49.8 Å². The Labute approximate surface area is 270 Å². The van der Waals surface area contributed by atoms with Crippen LogP contribution in [0.4, 0.5) is 5.13 Å². The zero-order valence-corrected chi connectivity index (χ0v) is 26.6. The molecular formula is C34H30ClN3O5S2. The molecule has 5 aromatic rings. The van der Waals surface area contributed by atoms with E-state index in [1.54, 1.807) is 60.7 Å². The van der Waals surface area contributed by atoms with Crippen LogP contribution in [0.25, 0.3) is 21.7 Å². The van der Waals surface area contributed by atoms with Gasteiger partial charge in [-0.15, -0.1) is 0 Å². The topological polar surface area (TPSA) is 125 Å². The number of carbonyl (C=O) groups excluding carboxylic acids is 1. The van der Waals surface area contributed by atoms with Gasteiger partial charge in [0.25, 0.3) is 5.91 Å². The summed E-state index contributed by atoms with van der Waals surface area (Å²) in [6, 6.07) is 28.9. The van der Waals surface area contributed by atoms with Crippen LogP contribution in [0.2, 0.25) is 5.02 Å². The Morgan fingerprint density at radius 2 is 1.51 bits per heavy atom. The van der Waals surface area contributed by atoms with Gasteiger partial charge in [-0.05, 0) is 65.9 Å². The molecule has 0 aliphatic rings. The van der Waals surface area contributed by atoms with Crippen molar-refractivity contribution in [1.82, 2.24) is 10.3 Å². The van der Waals surface area contributed by atoms with Crippen LogP contribution < -0.4 is 10.6 Å². The maximum atomic E-state index is 13.2. The molecule has 1 amide bonds. The fraction of sp³-hybridized carbons (Fsp3) is 0.147. The molecule has 0 aliphatic carbocycles. The Balaban J connectivity index is 1.39. The van der Waals surface area contributed by atoms with Gasteiger partial charge < -0.3 is 5.11 Å². The summed E-state index contributed by atoms with van der Waals surface area (Å²) in [5.41, 5.74) is 4.55. The molecule has 0 bridgehead atoms. The third-order valence-electron chi connectivity index (χ3n) is 7.17. The van der Waals surface area contributed by atoms with Crippen LogP contribution in [0.1, 0.15) is 28.4 Å². The smallest absolute Gasteiger partial charge is 0.321 e. The molecule has 1 heterocycles. The first-order chi connectivity index (χ1) is 21.6. The van der Waals surface area contributed by atoms with Gasteiger partial charge >= 0.3 is 5.97 Å². The lowest BCUT2D eigenvalue weighted by molar-refractivity contribution is -0.139. The first kappa shape index (κ1) is 32.1.